The van der Waals surface area contributed by atoms with Crippen LogP contribution in [-0.2, 0) is 0 Å². The molecular weight excluding hydrogens is 298 g/mol. The van der Waals surface area contributed by atoms with Crippen molar-refractivity contribution in [3.05, 3.63) is 65.2 Å². The number of halogens is 2. The first kappa shape index (κ1) is 17.4. The lowest BCUT2D eigenvalue weighted by Crippen LogP contribution is -2.27. The zero-order valence-corrected chi connectivity index (χ0v) is 13.6. The molecule has 0 heterocycles. The van der Waals surface area contributed by atoms with Gasteiger partial charge in [0.15, 0.2) is 0 Å². The van der Waals surface area contributed by atoms with Gasteiger partial charge in [-0.05, 0) is 30.7 Å². The fourth-order valence-electron chi connectivity index (χ4n) is 2.59. The molecule has 2 unspecified atom stereocenters. The average molecular weight is 320 g/mol. The first-order valence-electron chi connectivity index (χ1n) is 7.53. The quantitative estimate of drug-likeness (QED) is 0.856. The minimum Gasteiger partial charge on any atom is -0.387 e. The van der Waals surface area contributed by atoms with Crippen molar-refractivity contribution < 1.29 is 13.9 Å². The molecule has 0 saturated heterocycles. The smallest absolute Gasteiger partial charge is 0.131 e. The number of hydrogen-bond donors (Lipinski definition) is 2. The molecule has 0 saturated carbocycles. The Bertz CT molecular complexity index is 641. The Morgan fingerprint density at radius 3 is 2.26 bits per heavy atom. The van der Waals surface area contributed by atoms with E-state index in [0.717, 1.165) is 23.4 Å². The maximum Gasteiger partial charge on any atom is 0.131 e. The molecule has 0 spiro atoms. The second-order valence-corrected chi connectivity index (χ2v) is 5.73. The molecule has 2 N–H and O–H groups in total. The lowest BCUT2D eigenvalue weighted by molar-refractivity contribution is 0.161. The molecule has 0 radical (unpaired) electrons. The zero-order chi connectivity index (χ0) is 17.0. The van der Waals surface area contributed by atoms with Gasteiger partial charge >= 0.3 is 0 Å². The van der Waals surface area contributed by atoms with Crippen molar-refractivity contribution >= 4 is 5.69 Å². The van der Waals surface area contributed by atoms with Crippen LogP contribution < -0.4 is 10.2 Å². The topological polar surface area (TPSA) is 35.5 Å². The van der Waals surface area contributed by atoms with Crippen molar-refractivity contribution in [1.82, 2.24) is 5.32 Å². The molecule has 0 aliphatic heterocycles. The fraction of sp³-hybridized carbons (Fsp3) is 0.333. The van der Waals surface area contributed by atoms with E-state index >= 15 is 0 Å². The molecule has 3 nitrogen and oxygen atoms in total. The van der Waals surface area contributed by atoms with E-state index in [9.17, 15) is 13.9 Å². The number of anilines is 1. The van der Waals surface area contributed by atoms with Crippen molar-refractivity contribution in [3.63, 3.8) is 0 Å². The van der Waals surface area contributed by atoms with Crippen molar-refractivity contribution in [2.45, 2.75) is 19.1 Å². The minimum atomic E-state index is -1.25. The van der Waals surface area contributed by atoms with E-state index in [1.807, 2.05) is 50.2 Å². The van der Waals surface area contributed by atoms with E-state index < -0.39 is 17.7 Å². The van der Waals surface area contributed by atoms with Gasteiger partial charge in [-0.3, -0.25) is 0 Å². The normalized spacial score (nSPS) is 13.7. The highest BCUT2D eigenvalue weighted by atomic mass is 19.1. The van der Waals surface area contributed by atoms with E-state index in [1.54, 1.807) is 0 Å². The Morgan fingerprint density at radius 1 is 1.04 bits per heavy atom. The number of rotatable bonds is 6. The largest absolute Gasteiger partial charge is 0.387 e. The second kappa shape index (κ2) is 7.53. The van der Waals surface area contributed by atoms with Gasteiger partial charge in [0.1, 0.15) is 11.6 Å². The highest BCUT2D eigenvalue weighted by Crippen LogP contribution is 2.26. The van der Waals surface area contributed by atoms with E-state index in [2.05, 4.69) is 5.32 Å². The van der Waals surface area contributed by atoms with E-state index in [0.29, 0.717) is 0 Å². The molecule has 5 heteroatoms. The van der Waals surface area contributed by atoms with Crippen LogP contribution in [-0.4, -0.2) is 25.7 Å². The zero-order valence-electron chi connectivity index (χ0n) is 13.6. The monoisotopic (exact) mass is 320 g/mol. The molecule has 2 aromatic rings. The van der Waals surface area contributed by atoms with Gasteiger partial charge < -0.3 is 15.3 Å². The van der Waals surface area contributed by atoms with Crippen LogP contribution in [0.15, 0.2) is 42.5 Å². The third kappa shape index (κ3) is 4.06. The number of hydrogen-bond acceptors (Lipinski definition) is 3. The number of nitrogens with zero attached hydrogens (tertiary/aromatic N) is 1. The van der Waals surface area contributed by atoms with Crippen LogP contribution in [0.2, 0.25) is 0 Å². The van der Waals surface area contributed by atoms with Gasteiger partial charge in [-0.25, -0.2) is 8.78 Å². The molecule has 124 valence electrons. The van der Waals surface area contributed by atoms with E-state index in [4.69, 9.17) is 0 Å². The standard InChI is InChI=1S/C18H22F2N2O/c1-12(13-7-4-5-10-16(13)22(2)3)21-11-17(23)18-14(19)8-6-9-15(18)20/h4-10,12,17,21,23H,11H2,1-3H3. The van der Waals surface area contributed by atoms with Crippen molar-refractivity contribution in [3.8, 4) is 0 Å². The predicted molar refractivity (Wildman–Crippen MR) is 88.5 cm³/mol. The van der Waals surface area contributed by atoms with Gasteiger partial charge in [-0.2, -0.15) is 0 Å². The molecule has 0 aromatic heterocycles. The van der Waals surface area contributed by atoms with Crippen LogP contribution in [0.4, 0.5) is 14.5 Å². The van der Waals surface area contributed by atoms with Gasteiger partial charge in [0.2, 0.25) is 0 Å². The first-order chi connectivity index (χ1) is 10.9. The van der Waals surface area contributed by atoms with Gasteiger partial charge in [-0.1, -0.05) is 24.3 Å². The fourth-order valence-corrected chi connectivity index (χ4v) is 2.59. The van der Waals surface area contributed by atoms with Gasteiger partial charge in [0, 0.05) is 32.4 Å². The molecule has 0 aliphatic rings. The average Bonchev–Trinajstić information content (AvgIpc) is 2.52. The Hall–Kier alpha value is -1.98. The summed E-state index contributed by atoms with van der Waals surface area (Å²) < 4.78 is 27.4. The highest BCUT2D eigenvalue weighted by Gasteiger charge is 2.19. The third-order valence-corrected chi connectivity index (χ3v) is 3.84. The lowest BCUT2D eigenvalue weighted by atomic mass is 10.0. The summed E-state index contributed by atoms with van der Waals surface area (Å²) in [6.07, 6.45) is -1.25. The van der Waals surface area contributed by atoms with Crippen LogP contribution >= 0.6 is 0 Å². The Kier molecular flexibility index (Phi) is 5.69. The van der Waals surface area contributed by atoms with Crippen molar-refractivity contribution in [2.24, 2.45) is 0 Å². The molecule has 2 aromatic carbocycles. The summed E-state index contributed by atoms with van der Waals surface area (Å²) in [6.45, 7) is 2.01. The Morgan fingerprint density at radius 2 is 1.65 bits per heavy atom. The SMILES string of the molecule is CC(NCC(O)c1c(F)cccc1F)c1ccccc1N(C)C. The molecule has 0 bridgehead atoms. The summed E-state index contributed by atoms with van der Waals surface area (Å²) in [5.74, 6) is -1.47. The molecule has 0 fully saturated rings. The van der Waals surface area contributed by atoms with Gasteiger partial charge in [0.25, 0.3) is 0 Å². The lowest BCUT2D eigenvalue weighted by Gasteiger charge is -2.23. The van der Waals surface area contributed by atoms with Crippen molar-refractivity contribution in [2.75, 3.05) is 25.5 Å². The number of para-hydroxylation sites is 1. The summed E-state index contributed by atoms with van der Waals surface area (Å²) in [5.41, 5.74) is 1.81. The number of benzene rings is 2. The van der Waals surface area contributed by atoms with Crippen LogP contribution in [0.3, 0.4) is 0 Å². The van der Waals surface area contributed by atoms with Crippen LogP contribution in [0.5, 0.6) is 0 Å². The minimum absolute atomic E-state index is 0.0563. The number of aliphatic hydroxyl groups is 1. The molecule has 2 atom stereocenters. The Labute approximate surface area is 135 Å². The maximum absolute atomic E-state index is 13.7. The van der Waals surface area contributed by atoms with Crippen LogP contribution in [0, 0.1) is 11.6 Å². The Balaban J connectivity index is 2.09. The van der Waals surface area contributed by atoms with Crippen molar-refractivity contribution in [1.29, 1.82) is 0 Å². The molecule has 0 amide bonds. The van der Waals surface area contributed by atoms with Gasteiger partial charge in [0.05, 0.1) is 11.7 Å². The second-order valence-electron chi connectivity index (χ2n) is 5.73. The van der Waals surface area contributed by atoms with Gasteiger partial charge in [-0.15, -0.1) is 0 Å². The van der Waals surface area contributed by atoms with Crippen LogP contribution in [0.1, 0.15) is 30.2 Å². The summed E-state index contributed by atoms with van der Waals surface area (Å²) in [7, 11) is 3.91. The third-order valence-electron chi connectivity index (χ3n) is 3.84. The van der Waals surface area contributed by atoms with Crippen LogP contribution in [0.25, 0.3) is 0 Å². The highest BCUT2D eigenvalue weighted by molar-refractivity contribution is 5.53. The first-order valence-corrected chi connectivity index (χ1v) is 7.53. The summed E-state index contributed by atoms with van der Waals surface area (Å²) in [4.78, 5) is 2.00. The number of nitrogens with one attached hydrogen (secondary N) is 1. The number of aliphatic hydroxyl groups excluding tert-OH is 1. The van der Waals surface area contributed by atoms with E-state index in [-0.39, 0.29) is 18.2 Å². The maximum atomic E-state index is 13.7. The van der Waals surface area contributed by atoms with E-state index in [1.165, 1.54) is 6.07 Å². The summed E-state index contributed by atoms with van der Waals surface area (Å²) >= 11 is 0. The summed E-state index contributed by atoms with van der Waals surface area (Å²) in [6, 6.07) is 11.4. The molecule has 23 heavy (non-hydrogen) atoms. The predicted octanol–water partition coefficient (Wildman–Crippen LogP) is 3.42. The molecule has 0 aliphatic carbocycles. The summed E-state index contributed by atoms with van der Waals surface area (Å²) in [5, 5.41) is 13.2. The molecular formula is C18H22F2N2O. The molecule has 2 rings (SSSR count).